The highest BCUT2D eigenvalue weighted by Crippen LogP contribution is 2.08. The molecule has 0 saturated heterocycles. The molecule has 0 unspecified atom stereocenters. The molecule has 1 heterocycles. The number of aryl methyl sites for hydroxylation is 1. The van der Waals surface area contributed by atoms with Gasteiger partial charge in [0, 0.05) is 6.54 Å². The Labute approximate surface area is 115 Å². The monoisotopic (exact) mass is 278 g/mol. The highest BCUT2D eigenvalue weighted by atomic mass is 19.1. The van der Waals surface area contributed by atoms with Crippen LogP contribution < -0.4 is 0 Å². The highest BCUT2D eigenvalue weighted by Gasteiger charge is 2.11. The maximum atomic E-state index is 13.4. The number of benzene rings is 1. The van der Waals surface area contributed by atoms with Crippen molar-refractivity contribution in [1.82, 2.24) is 20.2 Å². The molecule has 0 amide bonds. The Bertz CT molecular complexity index is 585. The summed E-state index contributed by atoms with van der Waals surface area (Å²) >= 11 is 0. The van der Waals surface area contributed by atoms with Crippen LogP contribution in [0.4, 0.5) is 4.39 Å². The molecule has 0 spiro atoms. The zero-order valence-electron chi connectivity index (χ0n) is 11.1. The Morgan fingerprint density at radius 2 is 2.20 bits per heavy atom. The van der Waals surface area contributed by atoms with Crippen LogP contribution in [-0.4, -0.2) is 26.2 Å². The molecule has 0 fully saturated rings. The number of hydrogen-bond donors (Lipinski definition) is 0. The lowest BCUT2D eigenvalue weighted by Gasteiger charge is -2.05. The summed E-state index contributed by atoms with van der Waals surface area (Å²) in [6.07, 6.45) is 0.767. The minimum absolute atomic E-state index is 0.0136. The molecule has 0 radical (unpaired) electrons. The molecule has 7 heteroatoms. The van der Waals surface area contributed by atoms with Gasteiger partial charge in [-0.15, -0.1) is 5.10 Å². The first-order chi connectivity index (χ1) is 9.70. The Morgan fingerprint density at radius 3 is 2.95 bits per heavy atom. The number of hydrogen-bond acceptors (Lipinski definition) is 5. The van der Waals surface area contributed by atoms with Crippen molar-refractivity contribution in [3.8, 4) is 0 Å². The van der Waals surface area contributed by atoms with E-state index in [4.69, 9.17) is 4.74 Å². The number of ether oxygens (including phenoxy) is 1. The van der Waals surface area contributed by atoms with E-state index in [1.807, 2.05) is 6.92 Å². The molecule has 0 aliphatic rings. The summed E-state index contributed by atoms with van der Waals surface area (Å²) < 4.78 is 20.0. The van der Waals surface area contributed by atoms with Gasteiger partial charge in [0.1, 0.15) is 5.82 Å². The predicted molar refractivity (Wildman–Crippen MR) is 68.0 cm³/mol. The van der Waals surface area contributed by atoms with Gasteiger partial charge in [-0.2, -0.15) is 0 Å². The first-order valence-corrected chi connectivity index (χ1v) is 6.34. The van der Waals surface area contributed by atoms with E-state index in [9.17, 15) is 9.18 Å². The van der Waals surface area contributed by atoms with Gasteiger partial charge in [-0.3, -0.25) is 4.79 Å². The van der Waals surface area contributed by atoms with Crippen LogP contribution in [0, 0.1) is 5.82 Å². The van der Waals surface area contributed by atoms with Crippen LogP contribution in [0.1, 0.15) is 24.7 Å². The van der Waals surface area contributed by atoms with Crippen LogP contribution in [0.15, 0.2) is 24.3 Å². The molecule has 2 aromatic rings. The Morgan fingerprint density at radius 1 is 1.40 bits per heavy atom. The van der Waals surface area contributed by atoms with Gasteiger partial charge in [0.25, 0.3) is 0 Å². The molecular weight excluding hydrogens is 263 g/mol. The number of rotatable bonds is 6. The minimum atomic E-state index is -0.513. The number of carbonyl (C=O) groups excluding carboxylic acids is 1. The molecule has 0 aliphatic heterocycles. The molecular formula is C13H15FN4O2. The average Bonchev–Trinajstić information content (AvgIpc) is 2.87. The SMILES string of the molecule is CCCn1nnnc1COC(=O)Cc1ccccc1F. The summed E-state index contributed by atoms with van der Waals surface area (Å²) in [6.45, 7) is 2.64. The van der Waals surface area contributed by atoms with Crippen molar-refractivity contribution in [2.24, 2.45) is 0 Å². The topological polar surface area (TPSA) is 69.9 Å². The van der Waals surface area contributed by atoms with Crippen molar-refractivity contribution in [3.05, 3.63) is 41.5 Å². The summed E-state index contributed by atoms with van der Waals surface area (Å²) in [5, 5.41) is 11.1. The van der Waals surface area contributed by atoms with Gasteiger partial charge >= 0.3 is 5.97 Å². The third kappa shape index (κ3) is 3.59. The zero-order chi connectivity index (χ0) is 14.4. The number of tetrazole rings is 1. The fourth-order valence-corrected chi connectivity index (χ4v) is 1.71. The summed E-state index contributed by atoms with van der Waals surface area (Å²) in [6, 6.07) is 6.11. The van der Waals surface area contributed by atoms with Crippen molar-refractivity contribution < 1.29 is 13.9 Å². The van der Waals surface area contributed by atoms with Crippen molar-refractivity contribution in [3.63, 3.8) is 0 Å². The van der Waals surface area contributed by atoms with Gasteiger partial charge in [-0.05, 0) is 28.5 Å². The number of carbonyl (C=O) groups is 1. The average molecular weight is 278 g/mol. The second-order valence-corrected chi connectivity index (χ2v) is 4.25. The molecule has 2 rings (SSSR count). The highest BCUT2D eigenvalue weighted by molar-refractivity contribution is 5.72. The van der Waals surface area contributed by atoms with Gasteiger partial charge < -0.3 is 4.74 Å². The Balaban J connectivity index is 1.89. The van der Waals surface area contributed by atoms with Gasteiger partial charge in [-0.1, -0.05) is 25.1 Å². The molecule has 0 atom stereocenters. The summed E-state index contributed by atoms with van der Waals surface area (Å²) in [4.78, 5) is 11.7. The maximum Gasteiger partial charge on any atom is 0.310 e. The van der Waals surface area contributed by atoms with Crippen molar-refractivity contribution in [2.45, 2.75) is 32.9 Å². The van der Waals surface area contributed by atoms with E-state index in [0.29, 0.717) is 17.9 Å². The summed E-state index contributed by atoms with van der Waals surface area (Å²) in [5.74, 6) is -0.449. The fourth-order valence-electron chi connectivity index (χ4n) is 1.71. The van der Waals surface area contributed by atoms with Crippen molar-refractivity contribution >= 4 is 5.97 Å². The largest absolute Gasteiger partial charge is 0.457 e. The summed E-state index contributed by atoms with van der Waals surface area (Å²) in [5.41, 5.74) is 0.311. The van der Waals surface area contributed by atoms with E-state index >= 15 is 0 Å². The molecule has 1 aromatic heterocycles. The zero-order valence-corrected chi connectivity index (χ0v) is 11.1. The molecule has 106 valence electrons. The Kier molecular flexibility index (Phi) is 4.75. The van der Waals surface area contributed by atoms with E-state index in [0.717, 1.165) is 6.42 Å². The van der Waals surface area contributed by atoms with Crippen molar-refractivity contribution in [2.75, 3.05) is 0 Å². The first-order valence-electron chi connectivity index (χ1n) is 6.34. The number of esters is 1. The molecule has 0 aliphatic carbocycles. The van der Waals surface area contributed by atoms with Gasteiger partial charge in [0.15, 0.2) is 12.4 Å². The van der Waals surface area contributed by atoms with Crippen LogP contribution in [0.5, 0.6) is 0 Å². The number of aromatic nitrogens is 4. The quantitative estimate of drug-likeness (QED) is 0.749. The van der Waals surface area contributed by atoms with Gasteiger partial charge in [0.05, 0.1) is 6.42 Å². The smallest absolute Gasteiger partial charge is 0.310 e. The van der Waals surface area contributed by atoms with Crippen LogP contribution >= 0.6 is 0 Å². The van der Waals surface area contributed by atoms with Crippen LogP contribution in [0.3, 0.4) is 0 Å². The molecule has 1 aromatic carbocycles. The minimum Gasteiger partial charge on any atom is -0.457 e. The predicted octanol–water partition coefficient (Wildman–Crippen LogP) is 1.51. The van der Waals surface area contributed by atoms with Gasteiger partial charge in [-0.25, -0.2) is 9.07 Å². The van der Waals surface area contributed by atoms with E-state index in [1.54, 1.807) is 22.9 Å². The fraction of sp³-hybridized carbons (Fsp3) is 0.385. The van der Waals surface area contributed by atoms with Crippen molar-refractivity contribution in [1.29, 1.82) is 0 Å². The third-order valence-corrected chi connectivity index (χ3v) is 2.70. The number of halogens is 1. The second kappa shape index (κ2) is 6.74. The van der Waals surface area contributed by atoms with Crippen LogP contribution in [-0.2, 0) is 29.1 Å². The maximum absolute atomic E-state index is 13.4. The Hall–Kier alpha value is -2.31. The van der Waals surface area contributed by atoms with Crippen LogP contribution in [0.2, 0.25) is 0 Å². The molecule has 0 saturated carbocycles. The van der Waals surface area contributed by atoms with Gasteiger partial charge in [0.2, 0.25) is 0 Å². The van der Waals surface area contributed by atoms with E-state index in [1.165, 1.54) is 6.07 Å². The number of nitrogens with zero attached hydrogens (tertiary/aromatic N) is 4. The van der Waals surface area contributed by atoms with E-state index in [2.05, 4.69) is 15.5 Å². The molecule has 0 bridgehead atoms. The first kappa shape index (κ1) is 14.1. The molecule has 0 N–H and O–H groups in total. The van der Waals surface area contributed by atoms with Crippen LogP contribution in [0.25, 0.3) is 0 Å². The molecule has 6 nitrogen and oxygen atoms in total. The normalized spacial score (nSPS) is 10.5. The lowest BCUT2D eigenvalue weighted by Crippen LogP contribution is -2.13. The summed E-state index contributed by atoms with van der Waals surface area (Å²) in [7, 11) is 0. The molecule has 20 heavy (non-hydrogen) atoms. The van der Waals surface area contributed by atoms with E-state index in [-0.39, 0.29) is 13.0 Å². The third-order valence-electron chi connectivity index (χ3n) is 2.70. The van der Waals surface area contributed by atoms with E-state index < -0.39 is 11.8 Å². The standard InChI is InChI=1S/C13H15FN4O2/c1-2-7-18-12(15-16-17-18)9-20-13(19)8-10-5-3-4-6-11(10)14/h3-6H,2,7-9H2,1H3. The second-order valence-electron chi connectivity index (χ2n) is 4.25. The lowest BCUT2D eigenvalue weighted by atomic mass is 10.1. The lowest BCUT2D eigenvalue weighted by molar-refractivity contribution is -0.144.